The summed E-state index contributed by atoms with van der Waals surface area (Å²) in [5, 5.41) is 49.8. The van der Waals surface area contributed by atoms with Crippen LogP contribution in [0.4, 0.5) is 0 Å². The SMILES string of the molecule is CCCCCCCCCCOc1ccc(-c2ccc(-c3ccc(OCCCCCCCCCC)cc3)c(OCCOCCOCCOCCOCCOCCOCC(=O)NC[C@H](O)[C@@H](O)[C@H](O)[C@H](O)CO)c2)cc1. The predicted molar refractivity (Wildman–Crippen MR) is 288 cm³/mol. The van der Waals surface area contributed by atoms with E-state index in [0.29, 0.717) is 66.1 Å². The average molecular weight is 1040 g/mol. The van der Waals surface area contributed by atoms with Crippen molar-refractivity contribution in [3.05, 3.63) is 66.7 Å². The van der Waals surface area contributed by atoms with Gasteiger partial charge in [0.2, 0.25) is 5.91 Å². The summed E-state index contributed by atoms with van der Waals surface area (Å²) in [7, 11) is 0. The maximum Gasteiger partial charge on any atom is 0.246 e. The van der Waals surface area contributed by atoms with E-state index in [1.165, 1.54) is 89.9 Å². The van der Waals surface area contributed by atoms with Crippen LogP contribution < -0.4 is 19.5 Å². The van der Waals surface area contributed by atoms with Crippen molar-refractivity contribution in [3.63, 3.8) is 0 Å². The predicted octanol–water partition coefficient (Wildman–Crippen LogP) is 8.09. The number of nitrogens with one attached hydrogen (secondary N) is 1. The molecule has 0 bridgehead atoms. The second-order valence-corrected chi connectivity index (χ2v) is 18.5. The van der Waals surface area contributed by atoms with Crippen molar-refractivity contribution >= 4 is 5.91 Å². The van der Waals surface area contributed by atoms with E-state index < -0.39 is 36.9 Å². The van der Waals surface area contributed by atoms with Crippen LogP contribution in [0.15, 0.2) is 66.7 Å². The number of hydrogen-bond acceptors (Lipinski definition) is 15. The van der Waals surface area contributed by atoms with E-state index in [1.807, 2.05) is 12.1 Å². The number of ether oxygens (including phenoxy) is 9. The van der Waals surface area contributed by atoms with Gasteiger partial charge in [-0.25, -0.2) is 0 Å². The fraction of sp³-hybridized carbons (Fsp3) is 0.672. The Morgan fingerprint density at radius 1 is 0.432 bits per heavy atom. The van der Waals surface area contributed by atoms with Gasteiger partial charge >= 0.3 is 0 Å². The van der Waals surface area contributed by atoms with E-state index >= 15 is 0 Å². The molecule has 1 amide bonds. The summed E-state index contributed by atoms with van der Waals surface area (Å²) in [5.74, 6) is 1.99. The number of carbonyl (C=O) groups is 1. The summed E-state index contributed by atoms with van der Waals surface area (Å²) in [6.07, 6.45) is 13.7. The quantitative estimate of drug-likeness (QED) is 0.0295. The second-order valence-electron chi connectivity index (χ2n) is 18.5. The number of aliphatic hydroxyl groups excluding tert-OH is 5. The molecular formula is C58H93NO15. The van der Waals surface area contributed by atoms with Crippen LogP contribution >= 0.6 is 0 Å². The summed E-state index contributed by atoms with van der Waals surface area (Å²) in [4.78, 5) is 11.9. The third-order valence-corrected chi connectivity index (χ3v) is 12.3. The number of rotatable bonds is 49. The van der Waals surface area contributed by atoms with Crippen LogP contribution in [0.1, 0.15) is 117 Å². The summed E-state index contributed by atoms with van der Waals surface area (Å²) in [6.45, 7) is 8.83. The molecule has 0 aromatic heterocycles. The Balaban J connectivity index is 1.30. The Kier molecular flexibility index (Phi) is 37.6. The number of benzene rings is 3. The lowest BCUT2D eigenvalue weighted by Crippen LogP contribution is -2.50. The van der Waals surface area contributed by atoms with Gasteiger partial charge in [0.05, 0.1) is 98.6 Å². The first-order valence-electron chi connectivity index (χ1n) is 27.6. The molecule has 74 heavy (non-hydrogen) atoms. The Labute approximate surface area is 442 Å². The standard InChI is InChI=1S/C58H93NO15/c1-3-5-7-9-11-13-15-17-29-72-50-24-19-47(20-25-50)49-23-28-52(48-21-26-51(27-22-48)73-30-18-16-14-12-10-8-6-4-2)55(43-49)74-42-41-70-38-37-68-34-33-66-31-32-67-35-36-69-39-40-71-46-56(63)59-44-53(61)57(64)58(65)54(62)45-60/h19-28,43,53-54,57-58,60-62,64-65H,3-18,29-42,44-46H2,1-2H3,(H,59,63)/t53-,54+,57+,58+/m0/s1. The van der Waals surface area contributed by atoms with Gasteiger partial charge in [0.1, 0.15) is 48.8 Å². The first kappa shape index (κ1) is 64.4. The average Bonchev–Trinajstić information content (AvgIpc) is 3.42. The Hall–Kier alpha value is -3.91. The van der Waals surface area contributed by atoms with Crippen LogP contribution in [0, 0.1) is 0 Å². The van der Waals surface area contributed by atoms with Gasteiger partial charge in [-0.05, 0) is 59.9 Å². The third kappa shape index (κ3) is 30.0. The van der Waals surface area contributed by atoms with Gasteiger partial charge in [0.15, 0.2) is 0 Å². The summed E-state index contributed by atoms with van der Waals surface area (Å²) in [5.41, 5.74) is 4.19. The lowest BCUT2D eigenvalue weighted by Gasteiger charge is -2.25. The molecule has 16 nitrogen and oxygen atoms in total. The molecule has 0 spiro atoms. The van der Waals surface area contributed by atoms with Crippen molar-refractivity contribution in [2.24, 2.45) is 0 Å². The van der Waals surface area contributed by atoms with Crippen molar-refractivity contribution in [1.82, 2.24) is 5.32 Å². The van der Waals surface area contributed by atoms with E-state index in [9.17, 15) is 25.2 Å². The summed E-state index contributed by atoms with van der Waals surface area (Å²) < 4.78 is 51.9. The van der Waals surface area contributed by atoms with Crippen LogP contribution in [0.5, 0.6) is 17.2 Å². The van der Waals surface area contributed by atoms with E-state index in [4.69, 9.17) is 47.7 Å². The van der Waals surface area contributed by atoms with Crippen molar-refractivity contribution < 1.29 is 73.0 Å². The molecule has 0 saturated carbocycles. The monoisotopic (exact) mass is 1040 g/mol. The van der Waals surface area contributed by atoms with Crippen LogP contribution in [0.3, 0.4) is 0 Å². The molecule has 3 rings (SSSR count). The Bertz CT molecular complexity index is 1790. The number of aliphatic hydroxyl groups is 5. The second kappa shape index (κ2) is 43.2. The van der Waals surface area contributed by atoms with Crippen molar-refractivity contribution in [2.75, 3.05) is 112 Å². The number of amides is 1. The van der Waals surface area contributed by atoms with Crippen LogP contribution in [0.25, 0.3) is 22.3 Å². The van der Waals surface area contributed by atoms with Crippen molar-refractivity contribution in [3.8, 4) is 39.5 Å². The minimum absolute atomic E-state index is 0.148. The molecule has 4 atom stereocenters. The highest BCUT2D eigenvalue weighted by Crippen LogP contribution is 2.36. The minimum Gasteiger partial charge on any atom is -0.494 e. The van der Waals surface area contributed by atoms with Gasteiger partial charge in [0.25, 0.3) is 0 Å². The lowest BCUT2D eigenvalue weighted by molar-refractivity contribution is -0.130. The molecular weight excluding hydrogens is 951 g/mol. The zero-order valence-corrected chi connectivity index (χ0v) is 44.8. The third-order valence-electron chi connectivity index (χ3n) is 12.3. The molecule has 0 aliphatic carbocycles. The molecule has 16 heteroatoms. The van der Waals surface area contributed by atoms with E-state index in [1.54, 1.807) is 0 Å². The largest absolute Gasteiger partial charge is 0.494 e. The molecule has 6 N–H and O–H groups in total. The minimum atomic E-state index is -1.77. The molecule has 0 aliphatic heterocycles. The number of hydrogen-bond donors (Lipinski definition) is 6. The maximum absolute atomic E-state index is 11.9. The molecule has 0 fully saturated rings. The molecule has 420 valence electrons. The van der Waals surface area contributed by atoms with Gasteiger partial charge < -0.3 is 73.5 Å². The number of unbranched alkanes of at least 4 members (excludes halogenated alkanes) is 14. The molecule has 3 aromatic carbocycles. The molecule has 0 unspecified atom stereocenters. The Morgan fingerprint density at radius 3 is 1.28 bits per heavy atom. The maximum atomic E-state index is 11.9. The van der Waals surface area contributed by atoms with Crippen LogP contribution in [0.2, 0.25) is 0 Å². The fourth-order valence-corrected chi connectivity index (χ4v) is 7.81. The topological polar surface area (TPSA) is 213 Å². The van der Waals surface area contributed by atoms with E-state index in [2.05, 4.69) is 73.8 Å². The Morgan fingerprint density at radius 2 is 0.824 bits per heavy atom. The molecule has 0 radical (unpaired) electrons. The lowest BCUT2D eigenvalue weighted by atomic mass is 9.99. The molecule has 0 saturated heterocycles. The highest BCUT2D eigenvalue weighted by Gasteiger charge is 2.30. The fourth-order valence-electron chi connectivity index (χ4n) is 7.81. The highest BCUT2D eigenvalue weighted by molar-refractivity contribution is 5.77. The first-order valence-corrected chi connectivity index (χ1v) is 27.6. The van der Waals surface area contributed by atoms with Crippen LogP contribution in [-0.2, 0) is 33.2 Å². The van der Waals surface area contributed by atoms with E-state index in [-0.39, 0.29) is 26.4 Å². The van der Waals surface area contributed by atoms with E-state index in [0.717, 1.165) is 65.6 Å². The molecule has 0 aliphatic rings. The number of carbonyl (C=O) groups excluding carboxylic acids is 1. The zero-order chi connectivity index (χ0) is 53.1. The smallest absolute Gasteiger partial charge is 0.246 e. The molecule has 3 aromatic rings. The van der Waals surface area contributed by atoms with Crippen LogP contribution in [-0.4, -0.2) is 168 Å². The normalized spacial score (nSPS) is 13.1. The summed E-state index contributed by atoms with van der Waals surface area (Å²) >= 11 is 0. The van der Waals surface area contributed by atoms with Crippen molar-refractivity contribution in [1.29, 1.82) is 0 Å². The zero-order valence-electron chi connectivity index (χ0n) is 44.8. The first-order chi connectivity index (χ1) is 36.3. The van der Waals surface area contributed by atoms with Gasteiger partial charge in [-0.15, -0.1) is 0 Å². The highest BCUT2D eigenvalue weighted by atomic mass is 16.6. The van der Waals surface area contributed by atoms with Gasteiger partial charge in [-0.3, -0.25) is 4.79 Å². The summed E-state index contributed by atoms with van der Waals surface area (Å²) in [6, 6.07) is 23.0. The van der Waals surface area contributed by atoms with Gasteiger partial charge in [-0.2, -0.15) is 0 Å². The van der Waals surface area contributed by atoms with Gasteiger partial charge in [-0.1, -0.05) is 140 Å². The molecule has 0 heterocycles. The van der Waals surface area contributed by atoms with Crippen molar-refractivity contribution in [2.45, 2.75) is 141 Å². The van der Waals surface area contributed by atoms with Gasteiger partial charge in [0, 0.05) is 12.1 Å².